The molecule has 0 amide bonds. The van der Waals surface area contributed by atoms with E-state index in [9.17, 15) is 4.39 Å². The van der Waals surface area contributed by atoms with E-state index in [1.807, 2.05) is 0 Å². The van der Waals surface area contributed by atoms with Crippen LogP contribution in [-0.4, -0.2) is 11.5 Å². The lowest BCUT2D eigenvalue weighted by molar-refractivity contribution is 0.400. The average molecular weight is 222 g/mol. The van der Waals surface area contributed by atoms with Crippen molar-refractivity contribution in [2.75, 3.05) is 6.54 Å². The molecule has 0 aliphatic carbocycles. The van der Waals surface area contributed by atoms with Crippen LogP contribution in [0.5, 0.6) is 0 Å². The van der Waals surface area contributed by atoms with E-state index in [2.05, 4.69) is 18.8 Å². The molecule has 0 saturated heterocycles. The minimum Gasteiger partial charge on any atom is -0.440 e. The van der Waals surface area contributed by atoms with Crippen molar-refractivity contribution in [1.29, 1.82) is 0 Å². The Hall–Kier alpha value is -1.42. The summed E-state index contributed by atoms with van der Waals surface area (Å²) in [5.74, 6) is 0.720. The number of aromatic nitrogens is 1. The molecule has 4 heteroatoms. The van der Waals surface area contributed by atoms with E-state index in [1.54, 1.807) is 6.07 Å². The third-order valence-corrected chi connectivity index (χ3v) is 2.74. The van der Waals surface area contributed by atoms with Crippen molar-refractivity contribution in [3.8, 4) is 0 Å². The van der Waals surface area contributed by atoms with Crippen LogP contribution in [0, 0.1) is 11.7 Å². The van der Waals surface area contributed by atoms with Crippen molar-refractivity contribution in [2.45, 2.75) is 19.8 Å². The second-order valence-electron chi connectivity index (χ2n) is 4.25. The molecular weight excluding hydrogens is 207 g/mol. The van der Waals surface area contributed by atoms with Crippen LogP contribution < -0.4 is 5.73 Å². The fourth-order valence-electron chi connectivity index (χ4n) is 1.74. The fourth-order valence-corrected chi connectivity index (χ4v) is 1.74. The molecule has 1 heterocycles. The van der Waals surface area contributed by atoms with Gasteiger partial charge in [-0.3, -0.25) is 0 Å². The van der Waals surface area contributed by atoms with Crippen LogP contribution in [0.1, 0.15) is 25.7 Å². The lowest BCUT2D eigenvalue weighted by Gasteiger charge is -2.13. The first kappa shape index (κ1) is 11.1. The number of fused-ring (bicyclic) bond motifs is 1. The van der Waals surface area contributed by atoms with Gasteiger partial charge in [-0.15, -0.1) is 0 Å². The fraction of sp³-hybridized carbons (Fsp3) is 0.417. The first-order valence-electron chi connectivity index (χ1n) is 5.38. The van der Waals surface area contributed by atoms with Crippen molar-refractivity contribution < 1.29 is 8.81 Å². The van der Waals surface area contributed by atoms with Crippen LogP contribution in [0.4, 0.5) is 4.39 Å². The number of benzene rings is 1. The van der Waals surface area contributed by atoms with E-state index in [0.717, 1.165) is 0 Å². The molecule has 1 unspecified atom stereocenters. The van der Waals surface area contributed by atoms with Gasteiger partial charge in [-0.05, 0) is 18.1 Å². The van der Waals surface area contributed by atoms with Gasteiger partial charge in [0.25, 0.3) is 0 Å². The molecule has 0 saturated carbocycles. The lowest BCUT2D eigenvalue weighted by Crippen LogP contribution is -2.17. The molecule has 0 aliphatic rings. The molecule has 86 valence electrons. The van der Waals surface area contributed by atoms with E-state index in [0.29, 0.717) is 29.5 Å². The third-order valence-electron chi connectivity index (χ3n) is 2.74. The second kappa shape index (κ2) is 4.22. The molecule has 2 rings (SSSR count). The van der Waals surface area contributed by atoms with Crippen LogP contribution in [0.3, 0.4) is 0 Å². The third kappa shape index (κ3) is 1.93. The smallest absolute Gasteiger partial charge is 0.200 e. The number of hydrogen-bond donors (Lipinski definition) is 1. The summed E-state index contributed by atoms with van der Waals surface area (Å²) in [6.07, 6.45) is 0. The minimum absolute atomic E-state index is 0.0791. The molecular formula is C12H15FN2O. The summed E-state index contributed by atoms with van der Waals surface area (Å²) in [5, 5.41) is 0. The summed E-state index contributed by atoms with van der Waals surface area (Å²) in [6, 6.07) is 4.33. The van der Waals surface area contributed by atoms with Gasteiger partial charge >= 0.3 is 0 Å². The Kier molecular flexibility index (Phi) is 2.92. The summed E-state index contributed by atoms with van der Waals surface area (Å²) in [5.41, 5.74) is 6.84. The highest BCUT2D eigenvalue weighted by molar-refractivity contribution is 5.72. The maximum absolute atomic E-state index is 13.0. The van der Waals surface area contributed by atoms with E-state index < -0.39 is 0 Å². The van der Waals surface area contributed by atoms with Gasteiger partial charge in [-0.2, -0.15) is 0 Å². The van der Waals surface area contributed by atoms with Gasteiger partial charge in [0.15, 0.2) is 11.5 Å². The zero-order valence-electron chi connectivity index (χ0n) is 9.40. The molecule has 16 heavy (non-hydrogen) atoms. The van der Waals surface area contributed by atoms with Gasteiger partial charge in [0.1, 0.15) is 11.3 Å². The quantitative estimate of drug-likeness (QED) is 0.868. The van der Waals surface area contributed by atoms with Gasteiger partial charge in [-0.1, -0.05) is 13.8 Å². The number of nitrogens with zero attached hydrogens (tertiary/aromatic N) is 1. The van der Waals surface area contributed by atoms with Crippen LogP contribution in [0.15, 0.2) is 22.6 Å². The molecule has 0 radical (unpaired) electrons. The average Bonchev–Trinajstić information content (AvgIpc) is 2.60. The predicted molar refractivity (Wildman–Crippen MR) is 60.6 cm³/mol. The summed E-state index contributed by atoms with van der Waals surface area (Å²) in [6.45, 7) is 4.60. The Morgan fingerprint density at radius 3 is 2.81 bits per heavy atom. The normalized spacial score (nSPS) is 13.6. The number of hydrogen-bond acceptors (Lipinski definition) is 3. The summed E-state index contributed by atoms with van der Waals surface area (Å²) in [7, 11) is 0. The van der Waals surface area contributed by atoms with E-state index in [1.165, 1.54) is 12.1 Å². The standard InChI is InChI=1S/C12H15FN2O/c1-7(2)9(6-14)12-15-10-5-8(13)3-4-11(10)16-12/h3-5,7,9H,6,14H2,1-2H3. The maximum Gasteiger partial charge on any atom is 0.200 e. The zero-order valence-corrected chi connectivity index (χ0v) is 9.40. The Morgan fingerprint density at radius 1 is 1.44 bits per heavy atom. The Labute approximate surface area is 93.5 Å². The van der Waals surface area contributed by atoms with Crippen LogP contribution in [0.2, 0.25) is 0 Å². The van der Waals surface area contributed by atoms with Crippen LogP contribution in [-0.2, 0) is 0 Å². The molecule has 2 aromatic rings. The molecule has 0 aliphatic heterocycles. The molecule has 1 aromatic heterocycles. The van der Waals surface area contributed by atoms with E-state index in [-0.39, 0.29) is 11.7 Å². The summed E-state index contributed by atoms with van der Waals surface area (Å²) in [4.78, 5) is 4.28. The SMILES string of the molecule is CC(C)C(CN)c1nc2cc(F)ccc2o1. The molecule has 0 spiro atoms. The minimum atomic E-state index is -0.304. The molecule has 2 N–H and O–H groups in total. The molecule has 0 fully saturated rings. The van der Waals surface area contributed by atoms with Gasteiger partial charge < -0.3 is 10.2 Å². The number of rotatable bonds is 3. The van der Waals surface area contributed by atoms with Crippen molar-refractivity contribution in [3.05, 3.63) is 29.9 Å². The van der Waals surface area contributed by atoms with Gasteiger partial charge in [0.2, 0.25) is 0 Å². The largest absolute Gasteiger partial charge is 0.440 e. The first-order chi connectivity index (χ1) is 7.61. The van der Waals surface area contributed by atoms with Crippen molar-refractivity contribution in [2.24, 2.45) is 11.7 Å². The Morgan fingerprint density at radius 2 is 2.19 bits per heavy atom. The van der Waals surface area contributed by atoms with E-state index in [4.69, 9.17) is 10.2 Å². The van der Waals surface area contributed by atoms with Crippen molar-refractivity contribution in [1.82, 2.24) is 4.98 Å². The monoisotopic (exact) mass is 222 g/mol. The Bertz CT molecular complexity index is 493. The van der Waals surface area contributed by atoms with Crippen molar-refractivity contribution in [3.63, 3.8) is 0 Å². The van der Waals surface area contributed by atoms with E-state index >= 15 is 0 Å². The van der Waals surface area contributed by atoms with Gasteiger partial charge in [0.05, 0.1) is 5.92 Å². The highest BCUT2D eigenvalue weighted by Crippen LogP contribution is 2.26. The number of nitrogens with two attached hydrogens (primary N) is 1. The first-order valence-corrected chi connectivity index (χ1v) is 5.38. The highest BCUT2D eigenvalue weighted by Gasteiger charge is 2.20. The van der Waals surface area contributed by atoms with Crippen molar-refractivity contribution >= 4 is 11.1 Å². The summed E-state index contributed by atoms with van der Waals surface area (Å²) < 4.78 is 18.6. The van der Waals surface area contributed by atoms with Crippen LogP contribution in [0.25, 0.3) is 11.1 Å². The highest BCUT2D eigenvalue weighted by atomic mass is 19.1. The molecule has 0 bridgehead atoms. The Balaban J connectivity index is 2.45. The number of oxazole rings is 1. The van der Waals surface area contributed by atoms with Gasteiger partial charge in [-0.25, -0.2) is 9.37 Å². The zero-order chi connectivity index (χ0) is 11.7. The molecule has 3 nitrogen and oxygen atoms in total. The lowest BCUT2D eigenvalue weighted by atomic mass is 9.96. The number of halogens is 1. The maximum atomic E-state index is 13.0. The second-order valence-corrected chi connectivity index (χ2v) is 4.25. The molecule has 1 atom stereocenters. The van der Waals surface area contributed by atoms with Crippen LogP contribution >= 0.6 is 0 Å². The topological polar surface area (TPSA) is 52.0 Å². The molecule has 1 aromatic carbocycles. The van der Waals surface area contributed by atoms with Gasteiger partial charge in [0, 0.05) is 12.6 Å². The summed E-state index contributed by atoms with van der Waals surface area (Å²) >= 11 is 0. The predicted octanol–water partition coefficient (Wildman–Crippen LogP) is 2.67.